The molecule has 0 heterocycles. The topological polar surface area (TPSA) is 121 Å². The number of ether oxygens (including phenoxy) is 1. The normalized spacial score (nSPS) is 10.1. The van der Waals surface area contributed by atoms with Crippen LogP contribution in [-0.4, -0.2) is 52.0 Å². The summed E-state index contributed by atoms with van der Waals surface area (Å²) in [6, 6.07) is 9.22. The van der Waals surface area contributed by atoms with Gasteiger partial charge in [0.05, 0.1) is 0 Å². The predicted molar refractivity (Wildman–Crippen MR) is 86.6 cm³/mol. The Labute approximate surface area is 145 Å². The SMILES string of the molecule is O=C(O)CN(CC(=O)O)C(=O)CCCCC(=O)OCc1ccccc1. The fraction of sp³-hybridized carbons (Fsp3) is 0.412. The molecule has 0 radical (unpaired) electrons. The van der Waals surface area contributed by atoms with E-state index in [0.29, 0.717) is 12.8 Å². The third kappa shape index (κ3) is 9.09. The molecule has 1 rings (SSSR count). The summed E-state index contributed by atoms with van der Waals surface area (Å²) in [5.41, 5.74) is 0.879. The quantitative estimate of drug-likeness (QED) is 0.455. The molecular weight excluding hydrogens is 330 g/mol. The number of hydrogen-bond donors (Lipinski definition) is 2. The van der Waals surface area contributed by atoms with Crippen molar-refractivity contribution in [2.45, 2.75) is 32.3 Å². The van der Waals surface area contributed by atoms with Gasteiger partial charge in [-0.1, -0.05) is 30.3 Å². The minimum Gasteiger partial charge on any atom is -0.480 e. The van der Waals surface area contributed by atoms with Gasteiger partial charge in [-0.2, -0.15) is 0 Å². The highest BCUT2D eigenvalue weighted by atomic mass is 16.5. The second-order valence-electron chi connectivity index (χ2n) is 5.39. The molecule has 8 heteroatoms. The third-order valence-corrected chi connectivity index (χ3v) is 3.27. The first-order valence-electron chi connectivity index (χ1n) is 7.79. The van der Waals surface area contributed by atoms with Crippen LogP contribution in [-0.2, 0) is 30.5 Å². The highest BCUT2D eigenvalue weighted by Crippen LogP contribution is 2.07. The number of rotatable bonds is 11. The van der Waals surface area contributed by atoms with Gasteiger partial charge in [-0.3, -0.25) is 19.2 Å². The molecule has 0 saturated carbocycles. The minimum absolute atomic E-state index is 0.0213. The molecule has 1 aromatic rings. The Bertz CT molecular complexity index is 584. The molecule has 1 aromatic carbocycles. The molecule has 0 aliphatic heterocycles. The molecule has 0 unspecified atom stereocenters. The predicted octanol–water partition coefficient (Wildman–Crippen LogP) is 1.29. The van der Waals surface area contributed by atoms with Crippen molar-refractivity contribution in [3.05, 3.63) is 35.9 Å². The van der Waals surface area contributed by atoms with Gasteiger partial charge in [0, 0.05) is 12.8 Å². The number of hydrogen-bond acceptors (Lipinski definition) is 5. The second-order valence-corrected chi connectivity index (χ2v) is 5.39. The van der Waals surface area contributed by atoms with Gasteiger partial charge in [-0.15, -0.1) is 0 Å². The van der Waals surface area contributed by atoms with E-state index in [-0.39, 0.29) is 25.4 Å². The number of carboxylic acids is 2. The summed E-state index contributed by atoms with van der Waals surface area (Å²) >= 11 is 0. The summed E-state index contributed by atoms with van der Waals surface area (Å²) in [6.07, 6.45) is 0.854. The van der Waals surface area contributed by atoms with Crippen molar-refractivity contribution >= 4 is 23.8 Å². The molecule has 1 amide bonds. The second kappa shape index (κ2) is 10.8. The molecular formula is C17H21NO7. The standard InChI is InChI=1S/C17H21NO7/c19-14(18(10-15(20)21)11-16(22)23)8-4-5-9-17(24)25-12-13-6-2-1-3-7-13/h1-3,6-7H,4-5,8-12H2,(H,20,21)(H,22,23). The van der Waals surface area contributed by atoms with Crippen molar-refractivity contribution in [2.75, 3.05) is 13.1 Å². The van der Waals surface area contributed by atoms with Crippen LogP contribution in [0.25, 0.3) is 0 Å². The lowest BCUT2D eigenvalue weighted by Gasteiger charge is -2.18. The molecule has 0 aliphatic rings. The maximum Gasteiger partial charge on any atom is 0.323 e. The highest BCUT2D eigenvalue weighted by molar-refractivity contribution is 5.85. The van der Waals surface area contributed by atoms with Crippen LogP contribution in [0.4, 0.5) is 0 Å². The number of aliphatic carboxylic acids is 2. The van der Waals surface area contributed by atoms with Crippen molar-refractivity contribution in [3.8, 4) is 0 Å². The maximum atomic E-state index is 11.9. The molecule has 0 spiro atoms. The lowest BCUT2D eigenvalue weighted by molar-refractivity contribution is -0.149. The van der Waals surface area contributed by atoms with Gasteiger partial charge in [0.15, 0.2) is 0 Å². The van der Waals surface area contributed by atoms with Crippen molar-refractivity contribution in [1.82, 2.24) is 4.90 Å². The lowest BCUT2D eigenvalue weighted by atomic mass is 10.1. The van der Waals surface area contributed by atoms with E-state index in [9.17, 15) is 19.2 Å². The van der Waals surface area contributed by atoms with Crippen LogP contribution in [0.1, 0.15) is 31.2 Å². The van der Waals surface area contributed by atoms with Crippen LogP contribution in [0.3, 0.4) is 0 Å². The molecule has 0 aliphatic carbocycles. The Morgan fingerprint density at radius 2 is 1.44 bits per heavy atom. The van der Waals surface area contributed by atoms with Gasteiger partial charge in [0.1, 0.15) is 19.7 Å². The zero-order chi connectivity index (χ0) is 18.7. The smallest absolute Gasteiger partial charge is 0.323 e. The molecule has 0 fully saturated rings. The third-order valence-electron chi connectivity index (χ3n) is 3.27. The van der Waals surface area contributed by atoms with E-state index < -0.39 is 30.9 Å². The zero-order valence-corrected chi connectivity index (χ0v) is 13.7. The summed E-state index contributed by atoms with van der Waals surface area (Å²) < 4.78 is 5.10. The van der Waals surface area contributed by atoms with Crippen LogP contribution in [0.5, 0.6) is 0 Å². The van der Waals surface area contributed by atoms with E-state index in [1.54, 1.807) is 0 Å². The molecule has 0 aromatic heterocycles. The summed E-state index contributed by atoms with van der Waals surface area (Å²) in [4.78, 5) is 45.5. The van der Waals surface area contributed by atoms with E-state index in [2.05, 4.69) is 0 Å². The summed E-state index contributed by atoms with van der Waals surface area (Å²) in [7, 11) is 0. The van der Waals surface area contributed by atoms with Crippen LogP contribution < -0.4 is 0 Å². The summed E-state index contributed by atoms with van der Waals surface area (Å²) in [5.74, 6) is -3.51. The number of esters is 1. The molecule has 8 nitrogen and oxygen atoms in total. The molecule has 2 N–H and O–H groups in total. The van der Waals surface area contributed by atoms with Crippen molar-refractivity contribution in [3.63, 3.8) is 0 Å². The van der Waals surface area contributed by atoms with E-state index in [1.807, 2.05) is 30.3 Å². The molecule has 136 valence electrons. The Morgan fingerprint density at radius 3 is 2.00 bits per heavy atom. The van der Waals surface area contributed by atoms with Gasteiger partial charge in [0.25, 0.3) is 0 Å². The van der Waals surface area contributed by atoms with Gasteiger partial charge >= 0.3 is 17.9 Å². The Hall–Kier alpha value is -2.90. The summed E-state index contributed by atoms with van der Waals surface area (Å²) in [6.45, 7) is -1.14. The van der Waals surface area contributed by atoms with E-state index in [0.717, 1.165) is 10.5 Å². The zero-order valence-electron chi connectivity index (χ0n) is 13.7. The number of nitrogens with zero attached hydrogens (tertiary/aromatic N) is 1. The van der Waals surface area contributed by atoms with Crippen LogP contribution in [0.15, 0.2) is 30.3 Å². The highest BCUT2D eigenvalue weighted by Gasteiger charge is 2.19. The Morgan fingerprint density at radius 1 is 0.880 bits per heavy atom. The molecule has 0 saturated heterocycles. The molecule has 25 heavy (non-hydrogen) atoms. The number of carboxylic acid groups (broad SMARTS) is 2. The van der Waals surface area contributed by atoms with E-state index in [4.69, 9.17) is 14.9 Å². The van der Waals surface area contributed by atoms with Crippen molar-refractivity contribution in [2.24, 2.45) is 0 Å². The van der Waals surface area contributed by atoms with Crippen LogP contribution in [0, 0.1) is 0 Å². The number of benzene rings is 1. The summed E-state index contributed by atoms with van der Waals surface area (Å²) in [5, 5.41) is 17.4. The van der Waals surface area contributed by atoms with E-state index >= 15 is 0 Å². The van der Waals surface area contributed by atoms with Crippen LogP contribution in [0.2, 0.25) is 0 Å². The van der Waals surface area contributed by atoms with E-state index in [1.165, 1.54) is 0 Å². The van der Waals surface area contributed by atoms with Gasteiger partial charge < -0.3 is 19.8 Å². The average molecular weight is 351 g/mol. The molecule has 0 atom stereocenters. The number of carbonyl (C=O) groups is 4. The first-order valence-corrected chi connectivity index (χ1v) is 7.79. The minimum atomic E-state index is -1.28. The van der Waals surface area contributed by atoms with Gasteiger partial charge in [0.2, 0.25) is 5.91 Å². The lowest BCUT2D eigenvalue weighted by Crippen LogP contribution is -2.39. The number of carbonyl (C=O) groups excluding carboxylic acids is 2. The van der Waals surface area contributed by atoms with Gasteiger partial charge in [-0.25, -0.2) is 0 Å². The van der Waals surface area contributed by atoms with Gasteiger partial charge in [-0.05, 0) is 18.4 Å². The first kappa shape index (κ1) is 20.1. The van der Waals surface area contributed by atoms with Crippen molar-refractivity contribution in [1.29, 1.82) is 0 Å². The number of amides is 1. The Kier molecular flexibility index (Phi) is 8.70. The largest absolute Gasteiger partial charge is 0.480 e. The Balaban J connectivity index is 2.25. The molecule has 0 bridgehead atoms. The van der Waals surface area contributed by atoms with Crippen molar-refractivity contribution < 1.29 is 34.1 Å². The fourth-order valence-electron chi connectivity index (χ4n) is 2.07. The number of unbranched alkanes of at least 4 members (excludes halogenated alkanes) is 1. The fourth-order valence-corrected chi connectivity index (χ4v) is 2.07. The maximum absolute atomic E-state index is 11.9. The monoisotopic (exact) mass is 351 g/mol. The average Bonchev–Trinajstić information content (AvgIpc) is 2.56. The van der Waals surface area contributed by atoms with Crippen LogP contribution >= 0.6 is 0 Å². The first-order chi connectivity index (χ1) is 11.9.